The van der Waals surface area contributed by atoms with Gasteiger partial charge < -0.3 is 15.5 Å². The number of primary amides is 1. The van der Waals surface area contributed by atoms with Crippen LogP contribution in [0.1, 0.15) is 12.8 Å². The number of carbonyl (C=O) groups excluding carboxylic acids is 1. The van der Waals surface area contributed by atoms with Gasteiger partial charge in [0.1, 0.15) is 11.4 Å². The number of hydrogen-bond acceptors (Lipinski definition) is 4. The minimum absolute atomic E-state index is 0.281. The summed E-state index contributed by atoms with van der Waals surface area (Å²) in [6.45, 7) is 0.667. The Morgan fingerprint density at radius 1 is 1.50 bits per heavy atom. The maximum atomic E-state index is 10.5. The molecule has 0 radical (unpaired) electrons. The summed E-state index contributed by atoms with van der Waals surface area (Å²) in [5.41, 5.74) is 5.85. The number of hydrogen-bond donors (Lipinski definition) is 2. The van der Waals surface area contributed by atoms with Crippen LogP contribution >= 0.6 is 0 Å². The van der Waals surface area contributed by atoms with Crippen molar-refractivity contribution < 1.29 is 9.21 Å². The van der Waals surface area contributed by atoms with E-state index in [1.807, 2.05) is 12.1 Å². The van der Waals surface area contributed by atoms with E-state index in [1.165, 1.54) is 0 Å². The minimum Gasteiger partial charge on any atom is -0.464 e. The number of nitrogens with two attached hydrogens (primary N) is 1. The van der Waals surface area contributed by atoms with Gasteiger partial charge in [-0.1, -0.05) is 0 Å². The van der Waals surface area contributed by atoms with Crippen LogP contribution in [0.5, 0.6) is 0 Å². The SMILES string of the molecule is NC(=O)CCCNc1nccc2occc12. The van der Waals surface area contributed by atoms with E-state index in [-0.39, 0.29) is 5.91 Å². The molecule has 2 aromatic heterocycles. The molecule has 16 heavy (non-hydrogen) atoms. The van der Waals surface area contributed by atoms with E-state index in [4.69, 9.17) is 10.2 Å². The second-order valence-electron chi connectivity index (χ2n) is 3.49. The van der Waals surface area contributed by atoms with Crippen molar-refractivity contribution >= 4 is 22.7 Å². The molecule has 0 bridgehead atoms. The van der Waals surface area contributed by atoms with E-state index in [0.29, 0.717) is 19.4 Å². The number of amides is 1. The Hall–Kier alpha value is -2.04. The van der Waals surface area contributed by atoms with Gasteiger partial charge in [-0.3, -0.25) is 4.79 Å². The first-order chi connectivity index (χ1) is 7.77. The third-order valence-corrected chi connectivity index (χ3v) is 2.27. The zero-order valence-electron chi connectivity index (χ0n) is 8.77. The highest BCUT2D eigenvalue weighted by molar-refractivity contribution is 5.87. The van der Waals surface area contributed by atoms with Gasteiger partial charge in [-0.25, -0.2) is 4.98 Å². The van der Waals surface area contributed by atoms with Gasteiger partial charge >= 0.3 is 0 Å². The number of anilines is 1. The van der Waals surface area contributed by atoms with Gasteiger partial charge in [0.15, 0.2) is 0 Å². The van der Waals surface area contributed by atoms with Crippen LogP contribution in [0.4, 0.5) is 5.82 Å². The van der Waals surface area contributed by atoms with Gasteiger partial charge in [-0.2, -0.15) is 0 Å². The highest BCUT2D eigenvalue weighted by atomic mass is 16.3. The molecule has 0 fully saturated rings. The number of rotatable bonds is 5. The van der Waals surface area contributed by atoms with Crippen LogP contribution in [0, 0.1) is 0 Å². The van der Waals surface area contributed by atoms with Gasteiger partial charge in [-0.05, 0) is 18.6 Å². The smallest absolute Gasteiger partial charge is 0.217 e. The summed E-state index contributed by atoms with van der Waals surface area (Å²) >= 11 is 0. The molecule has 1 amide bonds. The zero-order chi connectivity index (χ0) is 11.4. The van der Waals surface area contributed by atoms with Crippen LogP contribution in [-0.2, 0) is 4.79 Å². The molecule has 0 atom stereocenters. The average molecular weight is 219 g/mol. The quantitative estimate of drug-likeness (QED) is 0.747. The number of aromatic nitrogens is 1. The molecular weight excluding hydrogens is 206 g/mol. The highest BCUT2D eigenvalue weighted by Crippen LogP contribution is 2.21. The topological polar surface area (TPSA) is 81.2 Å². The third kappa shape index (κ3) is 2.31. The Balaban J connectivity index is 1.98. The van der Waals surface area contributed by atoms with Gasteiger partial charge in [0.2, 0.25) is 5.91 Å². The molecular formula is C11H13N3O2. The molecule has 0 saturated carbocycles. The van der Waals surface area contributed by atoms with E-state index in [9.17, 15) is 4.79 Å². The van der Waals surface area contributed by atoms with Crippen molar-refractivity contribution in [3.8, 4) is 0 Å². The van der Waals surface area contributed by atoms with Crippen molar-refractivity contribution in [2.45, 2.75) is 12.8 Å². The molecule has 5 nitrogen and oxygen atoms in total. The van der Waals surface area contributed by atoms with Gasteiger partial charge in [-0.15, -0.1) is 0 Å². The number of pyridine rings is 1. The van der Waals surface area contributed by atoms with Crippen molar-refractivity contribution in [1.82, 2.24) is 4.98 Å². The Bertz CT molecular complexity index is 493. The Labute approximate surface area is 92.6 Å². The lowest BCUT2D eigenvalue weighted by molar-refractivity contribution is -0.118. The van der Waals surface area contributed by atoms with Crippen molar-refractivity contribution in [3.05, 3.63) is 24.6 Å². The van der Waals surface area contributed by atoms with Crippen LogP contribution in [-0.4, -0.2) is 17.4 Å². The molecule has 84 valence electrons. The molecule has 5 heteroatoms. The summed E-state index contributed by atoms with van der Waals surface area (Å²) in [6.07, 6.45) is 4.39. The first kappa shape index (κ1) is 10.5. The highest BCUT2D eigenvalue weighted by Gasteiger charge is 2.03. The lowest BCUT2D eigenvalue weighted by atomic mass is 10.3. The van der Waals surface area contributed by atoms with E-state index in [0.717, 1.165) is 16.8 Å². The first-order valence-electron chi connectivity index (χ1n) is 5.12. The second-order valence-corrected chi connectivity index (χ2v) is 3.49. The van der Waals surface area contributed by atoms with E-state index in [2.05, 4.69) is 10.3 Å². The Morgan fingerprint density at radius 3 is 3.19 bits per heavy atom. The number of carbonyl (C=O) groups is 1. The predicted octanol–water partition coefficient (Wildman–Crippen LogP) is 1.51. The summed E-state index contributed by atoms with van der Waals surface area (Å²) in [4.78, 5) is 14.8. The van der Waals surface area contributed by atoms with Crippen LogP contribution < -0.4 is 11.1 Å². The second kappa shape index (κ2) is 4.65. The lowest BCUT2D eigenvalue weighted by Crippen LogP contribution is -2.13. The number of nitrogens with zero attached hydrogens (tertiary/aromatic N) is 1. The van der Waals surface area contributed by atoms with Crippen LogP contribution in [0.2, 0.25) is 0 Å². The molecule has 0 aromatic carbocycles. The molecule has 0 spiro atoms. The summed E-state index contributed by atoms with van der Waals surface area (Å²) < 4.78 is 5.25. The van der Waals surface area contributed by atoms with Crippen LogP contribution in [0.15, 0.2) is 29.0 Å². The molecule has 0 aliphatic carbocycles. The van der Waals surface area contributed by atoms with Gasteiger partial charge in [0.05, 0.1) is 11.6 Å². The van der Waals surface area contributed by atoms with Gasteiger partial charge in [0.25, 0.3) is 0 Å². The lowest BCUT2D eigenvalue weighted by Gasteiger charge is -2.04. The molecule has 3 N–H and O–H groups in total. The van der Waals surface area contributed by atoms with E-state index in [1.54, 1.807) is 12.5 Å². The predicted molar refractivity (Wildman–Crippen MR) is 60.9 cm³/mol. The largest absolute Gasteiger partial charge is 0.464 e. The number of fused-ring (bicyclic) bond motifs is 1. The molecule has 0 saturated heterocycles. The number of furan rings is 1. The summed E-state index contributed by atoms with van der Waals surface area (Å²) in [5.74, 6) is 0.493. The summed E-state index contributed by atoms with van der Waals surface area (Å²) in [7, 11) is 0. The monoisotopic (exact) mass is 219 g/mol. The van der Waals surface area contributed by atoms with E-state index < -0.39 is 0 Å². The Kier molecular flexibility index (Phi) is 3.05. The van der Waals surface area contributed by atoms with E-state index >= 15 is 0 Å². The van der Waals surface area contributed by atoms with Crippen molar-refractivity contribution in [2.24, 2.45) is 5.73 Å². The third-order valence-electron chi connectivity index (χ3n) is 2.27. The minimum atomic E-state index is -0.281. The molecule has 2 rings (SSSR count). The maximum absolute atomic E-state index is 10.5. The molecule has 2 aromatic rings. The van der Waals surface area contributed by atoms with Crippen LogP contribution in [0.25, 0.3) is 11.0 Å². The van der Waals surface area contributed by atoms with Crippen molar-refractivity contribution in [1.29, 1.82) is 0 Å². The fourth-order valence-electron chi connectivity index (χ4n) is 1.50. The normalized spacial score (nSPS) is 10.5. The molecule has 0 aliphatic rings. The van der Waals surface area contributed by atoms with Crippen molar-refractivity contribution in [2.75, 3.05) is 11.9 Å². The fraction of sp³-hybridized carbons (Fsp3) is 0.273. The standard InChI is InChI=1S/C11H13N3O2/c12-10(15)2-1-5-13-11-8-4-7-16-9(8)3-6-14-11/h3-4,6-7H,1-2,5H2,(H2,12,15)(H,13,14). The maximum Gasteiger partial charge on any atom is 0.217 e. The Morgan fingerprint density at radius 2 is 2.38 bits per heavy atom. The van der Waals surface area contributed by atoms with Gasteiger partial charge in [0, 0.05) is 19.2 Å². The summed E-state index contributed by atoms with van der Waals surface area (Å²) in [5, 5.41) is 4.10. The zero-order valence-corrected chi connectivity index (χ0v) is 8.77. The average Bonchev–Trinajstić information content (AvgIpc) is 2.72. The first-order valence-corrected chi connectivity index (χ1v) is 5.12. The molecule has 0 aliphatic heterocycles. The molecule has 2 heterocycles. The van der Waals surface area contributed by atoms with Crippen molar-refractivity contribution in [3.63, 3.8) is 0 Å². The number of nitrogens with one attached hydrogen (secondary N) is 1. The van der Waals surface area contributed by atoms with Crippen LogP contribution in [0.3, 0.4) is 0 Å². The molecule has 0 unspecified atom stereocenters. The fourth-order valence-corrected chi connectivity index (χ4v) is 1.50. The summed E-state index contributed by atoms with van der Waals surface area (Å²) in [6, 6.07) is 3.67.